The molecule has 2 amide bonds. The lowest BCUT2D eigenvalue weighted by Gasteiger charge is -2.24. The lowest BCUT2D eigenvalue weighted by atomic mass is 10.1. The Bertz CT molecular complexity index is 479. The second kappa shape index (κ2) is 4.95. The van der Waals surface area contributed by atoms with Gasteiger partial charge in [0.1, 0.15) is 0 Å². The molecule has 0 saturated carbocycles. The highest BCUT2D eigenvalue weighted by Crippen LogP contribution is 2.17. The summed E-state index contributed by atoms with van der Waals surface area (Å²) in [6.45, 7) is 0.190. The molecule has 1 heterocycles. The number of nitrogens with zero attached hydrogens (tertiary/aromatic N) is 2. The number of rotatable bonds is 3. The molecule has 0 bridgehead atoms. The zero-order chi connectivity index (χ0) is 13.1. The molecule has 0 unspecified atom stereocenters. The Morgan fingerprint density at radius 1 is 1.11 bits per heavy atom. The predicted octanol–water partition coefficient (Wildman–Crippen LogP) is 1.63. The number of hydrogen-bond donors (Lipinski definition) is 0. The maximum atomic E-state index is 11.6. The van der Waals surface area contributed by atoms with Gasteiger partial charge in [0, 0.05) is 25.0 Å². The third kappa shape index (κ3) is 2.53. The molecule has 0 aromatic heterocycles. The van der Waals surface area contributed by atoms with Crippen LogP contribution in [0.3, 0.4) is 0 Å². The second-order valence-electron chi connectivity index (χ2n) is 4.15. The van der Waals surface area contributed by atoms with Gasteiger partial charge in [-0.25, -0.2) is 0 Å². The maximum Gasteiger partial charge on any atom is 0.269 e. The van der Waals surface area contributed by atoms with Gasteiger partial charge in [0.15, 0.2) is 0 Å². The molecule has 6 heteroatoms. The molecule has 2 rings (SSSR count). The summed E-state index contributed by atoms with van der Waals surface area (Å²) in [5, 5.41) is 10.5. The number of benzene rings is 1. The Morgan fingerprint density at radius 3 is 2.17 bits per heavy atom. The SMILES string of the molecule is O=C1CCCC(=O)N1Cc1ccc([N+](=O)[O-])cc1. The lowest BCUT2D eigenvalue weighted by Crippen LogP contribution is -2.39. The topological polar surface area (TPSA) is 80.5 Å². The summed E-state index contributed by atoms with van der Waals surface area (Å²) in [4.78, 5) is 34.4. The van der Waals surface area contributed by atoms with E-state index in [1.807, 2.05) is 0 Å². The molecule has 1 aliphatic heterocycles. The highest BCUT2D eigenvalue weighted by molar-refractivity contribution is 5.97. The standard InChI is InChI=1S/C12H12N2O4/c15-11-2-1-3-12(16)13(11)8-9-4-6-10(7-5-9)14(17)18/h4-7H,1-3,8H2. The van der Waals surface area contributed by atoms with Crippen LogP contribution in [0.4, 0.5) is 5.69 Å². The van der Waals surface area contributed by atoms with Crippen LogP contribution in [0.1, 0.15) is 24.8 Å². The van der Waals surface area contributed by atoms with E-state index in [1.165, 1.54) is 17.0 Å². The Kier molecular flexibility index (Phi) is 3.36. The van der Waals surface area contributed by atoms with E-state index in [1.54, 1.807) is 12.1 Å². The number of likely N-dealkylation sites (tertiary alicyclic amines) is 1. The summed E-state index contributed by atoms with van der Waals surface area (Å²) in [5.74, 6) is -0.353. The third-order valence-corrected chi connectivity index (χ3v) is 2.87. The normalized spacial score (nSPS) is 15.9. The first-order valence-electron chi connectivity index (χ1n) is 5.64. The van der Waals surface area contributed by atoms with Gasteiger partial charge in [0.2, 0.25) is 11.8 Å². The predicted molar refractivity (Wildman–Crippen MR) is 62.5 cm³/mol. The summed E-state index contributed by atoms with van der Waals surface area (Å²) in [7, 11) is 0. The van der Waals surface area contributed by atoms with E-state index >= 15 is 0 Å². The van der Waals surface area contributed by atoms with Crippen molar-refractivity contribution in [1.29, 1.82) is 0 Å². The highest BCUT2D eigenvalue weighted by atomic mass is 16.6. The molecule has 0 spiro atoms. The molecule has 6 nitrogen and oxygen atoms in total. The Hall–Kier alpha value is -2.24. The van der Waals surface area contributed by atoms with E-state index in [4.69, 9.17) is 0 Å². The van der Waals surface area contributed by atoms with Gasteiger partial charge >= 0.3 is 0 Å². The zero-order valence-electron chi connectivity index (χ0n) is 9.67. The number of piperidine rings is 1. The van der Waals surface area contributed by atoms with E-state index in [9.17, 15) is 19.7 Å². The fourth-order valence-electron chi connectivity index (χ4n) is 1.88. The van der Waals surface area contributed by atoms with Gasteiger partial charge in [-0.1, -0.05) is 12.1 Å². The van der Waals surface area contributed by atoms with Gasteiger partial charge in [-0.05, 0) is 12.0 Å². The number of imide groups is 1. The number of nitro benzene ring substituents is 1. The quantitative estimate of drug-likeness (QED) is 0.462. The summed E-state index contributed by atoms with van der Waals surface area (Å²) in [6.07, 6.45) is 1.38. The van der Waals surface area contributed by atoms with Crippen molar-refractivity contribution in [2.45, 2.75) is 25.8 Å². The molecule has 1 aromatic carbocycles. The van der Waals surface area contributed by atoms with Crippen molar-refractivity contribution in [2.75, 3.05) is 0 Å². The van der Waals surface area contributed by atoms with Crippen molar-refractivity contribution in [1.82, 2.24) is 4.90 Å². The van der Waals surface area contributed by atoms with Crippen molar-refractivity contribution in [3.63, 3.8) is 0 Å². The minimum absolute atomic E-state index is 0.00459. The molecule has 94 valence electrons. The molecule has 1 aromatic rings. The van der Waals surface area contributed by atoms with Crippen LogP contribution in [0, 0.1) is 10.1 Å². The Labute approximate surface area is 103 Å². The number of amides is 2. The first-order chi connectivity index (χ1) is 8.58. The largest absolute Gasteiger partial charge is 0.278 e. The molecule has 1 fully saturated rings. The van der Waals surface area contributed by atoms with Gasteiger partial charge < -0.3 is 0 Å². The number of hydrogen-bond acceptors (Lipinski definition) is 4. The van der Waals surface area contributed by atoms with Gasteiger partial charge in [0.05, 0.1) is 11.5 Å². The number of nitro groups is 1. The molecule has 0 radical (unpaired) electrons. The highest BCUT2D eigenvalue weighted by Gasteiger charge is 2.25. The fraction of sp³-hybridized carbons (Fsp3) is 0.333. The average Bonchev–Trinajstić information content (AvgIpc) is 2.34. The van der Waals surface area contributed by atoms with Crippen LogP contribution in [0.25, 0.3) is 0 Å². The summed E-state index contributed by atoms with van der Waals surface area (Å²) < 4.78 is 0. The van der Waals surface area contributed by atoms with Crippen LogP contribution in [0.15, 0.2) is 24.3 Å². The third-order valence-electron chi connectivity index (χ3n) is 2.87. The first-order valence-corrected chi connectivity index (χ1v) is 5.64. The van der Waals surface area contributed by atoms with Crippen LogP contribution < -0.4 is 0 Å². The van der Waals surface area contributed by atoms with E-state index in [0.717, 1.165) is 0 Å². The molecule has 0 atom stereocenters. The summed E-state index contributed by atoms with van der Waals surface area (Å²) >= 11 is 0. The number of carbonyl (C=O) groups excluding carboxylic acids is 2. The molecule has 1 aliphatic rings. The molecule has 1 saturated heterocycles. The second-order valence-corrected chi connectivity index (χ2v) is 4.15. The van der Waals surface area contributed by atoms with E-state index in [-0.39, 0.29) is 24.0 Å². The zero-order valence-corrected chi connectivity index (χ0v) is 9.67. The average molecular weight is 248 g/mol. The molecule has 18 heavy (non-hydrogen) atoms. The van der Waals surface area contributed by atoms with E-state index in [0.29, 0.717) is 24.8 Å². The van der Waals surface area contributed by atoms with Crippen molar-refractivity contribution < 1.29 is 14.5 Å². The van der Waals surface area contributed by atoms with Crippen LogP contribution in [0.5, 0.6) is 0 Å². The van der Waals surface area contributed by atoms with Gasteiger partial charge in [0.25, 0.3) is 5.69 Å². The van der Waals surface area contributed by atoms with E-state index in [2.05, 4.69) is 0 Å². The number of carbonyl (C=O) groups is 2. The van der Waals surface area contributed by atoms with E-state index < -0.39 is 4.92 Å². The molecular weight excluding hydrogens is 236 g/mol. The van der Waals surface area contributed by atoms with Crippen LogP contribution in [0.2, 0.25) is 0 Å². The maximum absolute atomic E-state index is 11.6. The minimum atomic E-state index is -0.485. The van der Waals surface area contributed by atoms with Gasteiger partial charge in [-0.3, -0.25) is 24.6 Å². The van der Waals surface area contributed by atoms with Gasteiger partial charge in [-0.2, -0.15) is 0 Å². The first kappa shape index (κ1) is 12.2. The Morgan fingerprint density at radius 2 is 1.67 bits per heavy atom. The fourth-order valence-corrected chi connectivity index (χ4v) is 1.88. The number of non-ortho nitro benzene ring substituents is 1. The van der Waals surface area contributed by atoms with Crippen LogP contribution in [-0.4, -0.2) is 21.6 Å². The minimum Gasteiger partial charge on any atom is -0.278 e. The monoisotopic (exact) mass is 248 g/mol. The summed E-state index contributed by atoms with van der Waals surface area (Å²) in [5.41, 5.74) is 0.708. The molecule has 0 aliphatic carbocycles. The van der Waals surface area contributed by atoms with Crippen LogP contribution in [-0.2, 0) is 16.1 Å². The molecule has 0 N–H and O–H groups in total. The van der Waals surface area contributed by atoms with Crippen molar-refractivity contribution in [3.05, 3.63) is 39.9 Å². The summed E-state index contributed by atoms with van der Waals surface area (Å²) in [6, 6.07) is 5.86. The van der Waals surface area contributed by atoms with Crippen molar-refractivity contribution in [3.8, 4) is 0 Å². The van der Waals surface area contributed by atoms with Gasteiger partial charge in [-0.15, -0.1) is 0 Å². The van der Waals surface area contributed by atoms with Crippen LogP contribution >= 0.6 is 0 Å². The van der Waals surface area contributed by atoms with Crippen molar-refractivity contribution >= 4 is 17.5 Å². The smallest absolute Gasteiger partial charge is 0.269 e. The Balaban J connectivity index is 2.11. The molecular formula is C12H12N2O4. The lowest BCUT2D eigenvalue weighted by molar-refractivity contribution is -0.384. The van der Waals surface area contributed by atoms with Crippen molar-refractivity contribution in [2.24, 2.45) is 0 Å².